The maximum atomic E-state index is 12.7. The van der Waals surface area contributed by atoms with Gasteiger partial charge in [-0.1, -0.05) is 19.9 Å². The van der Waals surface area contributed by atoms with E-state index in [-0.39, 0.29) is 21.9 Å². The number of carbonyl (C=O) groups excluding carboxylic acids is 1. The lowest BCUT2D eigenvalue weighted by atomic mass is 9.90. The largest absolute Gasteiger partial charge is 0.364 e. The number of aryl methyl sites for hydroxylation is 1. The van der Waals surface area contributed by atoms with E-state index in [4.69, 9.17) is 5.73 Å². The highest BCUT2D eigenvalue weighted by Gasteiger charge is 2.29. The molecular formula is C21H21N3O2. The Morgan fingerprint density at radius 2 is 1.88 bits per heavy atom. The summed E-state index contributed by atoms with van der Waals surface area (Å²) in [5, 5.41) is 0.240. The first-order chi connectivity index (χ1) is 12.2. The third-order valence-electron chi connectivity index (χ3n) is 5.15. The summed E-state index contributed by atoms with van der Waals surface area (Å²) in [4.78, 5) is 31.5. The van der Waals surface area contributed by atoms with E-state index in [2.05, 4.69) is 42.9 Å². The van der Waals surface area contributed by atoms with Gasteiger partial charge in [-0.25, -0.2) is 0 Å². The molecule has 5 heteroatoms. The molecule has 1 amide bonds. The van der Waals surface area contributed by atoms with Crippen molar-refractivity contribution in [3.8, 4) is 11.3 Å². The molecule has 3 aromatic rings. The molecule has 132 valence electrons. The molecule has 5 nitrogen and oxygen atoms in total. The van der Waals surface area contributed by atoms with Crippen LogP contribution in [0.1, 0.15) is 41.0 Å². The summed E-state index contributed by atoms with van der Waals surface area (Å²) in [6.45, 7) is 6.61. The SMILES string of the molecule is Cc1cc2c(cc1-c1cc(=O)c3c(C(N)=O)nccc3[nH]1)CC(C)(C)C2. The Morgan fingerprint density at radius 1 is 1.19 bits per heavy atom. The number of hydrogen-bond acceptors (Lipinski definition) is 3. The van der Waals surface area contributed by atoms with Gasteiger partial charge in [0.05, 0.1) is 10.9 Å². The fraction of sp³-hybridized carbons (Fsp3) is 0.286. The van der Waals surface area contributed by atoms with Crippen molar-refractivity contribution in [1.82, 2.24) is 9.97 Å². The fourth-order valence-electron chi connectivity index (χ4n) is 4.06. The van der Waals surface area contributed by atoms with Gasteiger partial charge in [-0.2, -0.15) is 0 Å². The topological polar surface area (TPSA) is 88.8 Å². The molecule has 0 aliphatic heterocycles. The average Bonchev–Trinajstić information content (AvgIpc) is 2.86. The lowest BCUT2D eigenvalue weighted by molar-refractivity contribution is 0.0997. The van der Waals surface area contributed by atoms with E-state index in [1.165, 1.54) is 23.4 Å². The average molecular weight is 347 g/mol. The molecule has 1 aliphatic carbocycles. The minimum Gasteiger partial charge on any atom is -0.364 e. The summed E-state index contributed by atoms with van der Waals surface area (Å²) >= 11 is 0. The Morgan fingerprint density at radius 3 is 2.58 bits per heavy atom. The lowest BCUT2D eigenvalue weighted by Gasteiger charge is -2.14. The summed E-state index contributed by atoms with van der Waals surface area (Å²) in [7, 11) is 0. The molecule has 0 saturated heterocycles. The summed E-state index contributed by atoms with van der Waals surface area (Å²) in [6, 6.07) is 7.64. The molecule has 1 aromatic carbocycles. The Labute approximate surface area is 151 Å². The van der Waals surface area contributed by atoms with Crippen LogP contribution in [-0.2, 0) is 12.8 Å². The number of aromatic nitrogens is 2. The van der Waals surface area contributed by atoms with Crippen LogP contribution in [0.5, 0.6) is 0 Å². The smallest absolute Gasteiger partial charge is 0.268 e. The van der Waals surface area contributed by atoms with Gasteiger partial charge < -0.3 is 10.7 Å². The summed E-state index contributed by atoms with van der Waals surface area (Å²) in [6.07, 6.45) is 3.59. The zero-order valence-corrected chi connectivity index (χ0v) is 15.1. The number of aromatic amines is 1. The van der Waals surface area contributed by atoms with Crippen LogP contribution in [0.15, 0.2) is 35.3 Å². The maximum Gasteiger partial charge on any atom is 0.268 e. The molecule has 0 unspecified atom stereocenters. The normalized spacial score (nSPS) is 15.2. The molecule has 2 aromatic heterocycles. The van der Waals surface area contributed by atoms with E-state index in [1.54, 1.807) is 6.07 Å². The first-order valence-corrected chi connectivity index (χ1v) is 8.70. The first kappa shape index (κ1) is 16.5. The molecular weight excluding hydrogens is 326 g/mol. The Hall–Kier alpha value is -2.95. The number of amides is 1. The predicted octanol–water partition coefficient (Wildman–Crippen LogP) is 3.12. The molecule has 0 fully saturated rings. The van der Waals surface area contributed by atoms with Gasteiger partial charge in [0.2, 0.25) is 0 Å². The molecule has 4 rings (SSSR count). The van der Waals surface area contributed by atoms with Gasteiger partial charge in [0, 0.05) is 23.5 Å². The van der Waals surface area contributed by atoms with Crippen molar-refractivity contribution in [1.29, 1.82) is 0 Å². The third kappa shape index (κ3) is 2.60. The number of nitrogens with one attached hydrogen (secondary N) is 1. The number of nitrogens with zero attached hydrogens (tertiary/aromatic N) is 1. The number of rotatable bonds is 2. The number of nitrogens with two attached hydrogens (primary N) is 1. The summed E-state index contributed by atoms with van der Waals surface area (Å²) in [5.41, 5.74) is 11.5. The summed E-state index contributed by atoms with van der Waals surface area (Å²) in [5.74, 6) is -0.704. The Balaban J connectivity index is 1.92. The molecule has 26 heavy (non-hydrogen) atoms. The number of carbonyl (C=O) groups is 1. The van der Waals surface area contributed by atoms with Crippen molar-refractivity contribution < 1.29 is 4.79 Å². The predicted molar refractivity (Wildman–Crippen MR) is 102 cm³/mol. The number of primary amides is 1. The molecule has 0 radical (unpaired) electrons. The van der Waals surface area contributed by atoms with Crippen LogP contribution in [0.25, 0.3) is 22.2 Å². The Bertz CT molecular complexity index is 1130. The van der Waals surface area contributed by atoms with Crippen LogP contribution in [0.2, 0.25) is 0 Å². The quantitative estimate of drug-likeness (QED) is 0.746. The van der Waals surface area contributed by atoms with Gasteiger partial charge in [-0.3, -0.25) is 14.6 Å². The minimum absolute atomic E-state index is 0.00252. The van der Waals surface area contributed by atoms with E-state index in [1.807, 2.05) is 0 Å². The van der Waals surface area contributed by atoms with Crippen LogP contribution in [0.4, 0.5) is 0 Å². The van der Waals surface area contributed by atoms with E-state index in [0.717, 1.165) is 29.7 Å². The van der Waals surface area contributed by atoms with Crippen molar-refractivity contribution in [2.75, 3.05) is 0 Å². The second-order valence-electron chi connectivity index (χ2n) is 7.95. The molecule has 0 atom stereocenters. The van der Waals surface area contributed by atoms with Gasteiger partial charge in [-0.15, -0.1) is 0 Å². The molecule has 3 N–H and O–H groups in total. The number of pyridine rings is 2. The monoisotopic (exact) mass is 347 g/mol. The third-order valence-corrected chi connectivity index (χ3v) is 5.15. The fourth-order valence-corrected chi connectivity index (χ4v) is 4.06. The van der Waals surface area contributed by atoms with E-state index in [9.17, 15) is 9.59 Å². The van der Waals surface area contributed by atoms with Gasteiger partial charge in [0.15, 0.2) is 5.43 Å². The number of benzene rings is 1. The van der Waals surface area contributed by atoms with Gasteiger partial charge in [0.1, 0.15) is 5.69 Å². The van der Waals surface area contributed by atoms with Crippen LogP contribution >= 0.6 is 0 Å². The van der Waals surface area contributed by atoms with Crippen LogP contribution in [-0.4, -0.2) is 15.9 Å². The van der Waals surface area contributed by atoms with E-state index in [0.29, 0.717) is 5.52 Å². The maximum absolute atomic E-state index is 12.7. The highest BCUT2D eigenvalue weighted by Crippen LogP contribution is 2.39. The van der Waals surface area contributed by atoms with Crippen molar-refractivity contribution in [2.24, 2.45) is 11.1 Å². The molecule has 0 spiro atoms. The minimum atomic E-state index is -0.704. The number of hydrogen-bond donors (Lipinski definition) is 2. The van der Waals surface area contributed by atoms with Gasteiger partial charge >= 0.3 is 0 Å². The standard InChI is InChI=1S/C21H21N3O2/c1-11-6-12-9-21(2,3)10-13(12)7-14(11)16-8-17(25)18-15(24-16)4-5-23-19(18)20(22)26/h4-8H,9-10H2,1-3H3,(H2,22,26)(H,24,25). The molecule has 0 bridgehead atoms. The van der Waals surface area contributed by atoms with Crippen LogP contribution < -0.4 is 11.2 Å². The highest BCUT2D eigenvalue weighted by atomic mass is 16.1. The lowest BCUT2D eigenvalue weighted by Crippen LogP contribution is -2.17. The van der Waals surface area contributed by atoms with Crippen molar-refractivity contribution >= 4 is 16.8 Å². The highest BCUT2D eigenvalue weighted by molar-refractivity contribution is 6.03. The second-order valence-corrected chi connectivity index (χ2v) is 7.95. The van der Waals surface area contributed by atoms with Gasteiger partial charge in [-0.05, 0) is 54.0 Å². The zero-order chi connectivity index (χ0) is 18.6. The zero-order valence-electron chi connectivity index (χ0n) is 15.1. The number of H-pyrrole nitrogens is 1. The second kappa shape index (κ2) is 5.53. The molecule has 0 saturated carbocycles. The van der Waals surface area contributed by atoms with E-state index >= 15 is 0 Å². The Kier molecular flexibility index (Phi) is 3.51. The van der Waals surface area contributed by atoms with E-state index < -0.39 is 5.91 Å². The first-order valence-electron chi connectivity index (χ1n) is 8.70. The van der Waals surface area contributed by atoms with Gasteiger partial charge in [0.25, 0.3) is 5.91 Å². The van der Waals surface area contributed by atoms with Crippen LogP contribution in [0.3, 0.4) is 0 Å². The molecule has 1 aliphatic rings. The van der Waals surface area contributed by atoms with Crippen molar-refractivity contribution in [2.45, 2.75) is 33.6 Å². The van der Waals surface area contributed by atoms with Crippen LogP contribution in [0, 0.1) is 12.3 Å². The molecule has 2 heterocycles. The van der Waals surface area contributed by atoms with Crippen molar-refractivity contribution in [3.63, 3.8) is 0 Å². The summed E-state index contributed by atoms with van der Waals surface area (Å²) < 4.78 is 0. The van der Waals surface area contributed by atoms with Crippen molar-refractivity contribution in [3.05, 3.63) is 63.1 Å². The number of fused-ring (bicyclic) bond motifs is 2.